The summed E-state index contributed by atoms with van der Waals surface area (Å²) in [6.45, 7) is 16.2. The number of allylic oxidation sites excluding steroid dienone is 8. The Kier molecular flexibility index (Phi) is 11.2. The summed E-state index contributed by atoms with van der Waals surface area (Å²) in [5.74, 6) is 2.89. The fraction of sp³-hybridized carbons (Fsp3) is 0.771. The first kappa shape index (κ1) is 31.3. The summed E-state index contributed by atoms with van der Waals surface area (Å²) in [4.78, 5) is 0. The van der Waals surface area contributed by atoms with Gasteiger partial charge in [0.25, 0.3) is 0 Å². The van der Waals surface area contributed by atoms with E-state index < -0.39 is 16.6 Å². The molecule has 0 spiro atoms. The van der Waals surface area contributed by atoms with Crippen molar-refractivity contribution in [2.45, 2.75) is 129 Å². The van der Waals surface area contributed by atoms with Crippen molar-refractivity contribution in [3.05, 3.63) is 47.6 Å². The van der Waals surface area contributed by atoms with Crippen molar-refractivity contribution in [3.8, 4) is 0 Å². The quantitative estimate of drug-likeness (QED) is 0.172. The predicted octanol–water partition coefficient (Wildman–Crippen LogP) is 10.6. The van der Waals surface area contributed by atoms with Gasteiger partial charge in [0, 0.05) is 13.2 Å². The van der Waals surface area contributed by atoms with E-state index in [0.29, 0.717) is 11.8 Å². The van der Waals surface area contributed by atoms with Crippen molar-refractivity contribution in [1.82, 2.24) is 0 Å². The van der Waals surface area contributed by atoms with Crippen LogP contribution in [-0.2, 0) is 8.85 Å². The molecule has 0 aromatic carbocycles. The normalized spacial score (nSPS) is 26.9. The van der Waals surface area contributed by atoms with Crippen LogP contribution in [0.2, 0.25) is 36.3 Å². The molecule has 0 aromatic heterocycles. The smallest absolute Gasteiger partial charge is 0.191 e. The third-order valence-corrected chi connectivity index (χ3v) is 21.6. The van der Waals surface area contributed by atoms with E-state index in [1.807, 2.05) is 0 Å². The van der Waals surface area contributed by atoms with Crippen molar-refractivity contribution < 1.29 is 8.85 Å². The molecule has 4 unspecified atom stereocenters. The highest BCUT2D eigenvalue weighted by Gasteiger charge is 2.53. The van der Waals surface area contributed by atoms with Crippen molar-refractivity contribution >= 4 is 16.6 Å². The summed E-state index contributed by atoms with van der Waals surface area (Å²) in [7, 11) is -3.24. The molecule has 0 aromatic rings. The zero-order chi connectivity index (χ0) is 27.9. The summed E-state index contributed by atoms with van der Waals surface area (Å²) >= 11 is 0. The lowest BCUT2D eigenvalue weighted by Crippen LogP contribution is -2.44. The topological polar surface area (TPSA) is 18.5 Å². The van der Waals surface area contributed by atoms with Gasteiger partial charge in [-0.2, -0.15) is 0 Å². The highest BCUT2D eigenvalue weighted by molar-refractivity contribution is 6.73. The third-order valence-electron chi connectivity index (χ3n) is 12.3. The first-order valence-corrected chi connectivity index (χ1v) is 22.0. The van der Waals surface area contributed by atoms with Crippen LogP contribution >= 0.6 is 0 Å². The fourth-order valence-corrected chi connectivity index (χ4v) is 14.5. The maximum Gasteiger partial charge on any atom is 0.191 e. The van der Waals surface area contributed by atoms with E-state index in [1.54, 1.807) is 11.1 Å². The zero-order valence-electron chi connectivity index (χ0n) is 26.4. The van der Waals surface area contributed by atoms with Gasteiger partial charge < -0.3 is 8.85 Å². The van der Waals surface area contributed by atoms with Crippen LogP contribution in [0.5, 0.6) is 0 Å². The molecule has 0 radical (unpaired) electrons. The number of hydrogen-bond donors (Lipinski definition) is 0. The van der Waals surface area contributed by atoms with Gasteiger partial charge in [0.05, 0.1) is 0 Å². The lowest BCUT2D eigenvalue weighted by Gasteiger charge is -2.48. The number of fused-ring (bicyclic) bond motifs is 2. The molecule has 0 N–H and O–H groups in total. The van der Waals surface area contributed by atoms with Crippen LogP contribution in [0.25, 0.3) is 0 Å². The van der Waals surface area contributed by atoms with Crippen molar-refractivity contribution in [1.29, 1.82) is 0 Å². The molecule has 4 heteroatoms. The summed E-state index contributed by atoms with van der Waals surface area (Å²) in [6.07, 6.45) is 25.0. The molecule has 0 bridgehead atoms. The Balaban J connectivity index is 1.71. The molecule has 4 aliphatic rings. The van der Waals surface area contributed by atoms with E-state index >= 15 is 0 Å². The Morgan fingerprint density at radius 1 is 0.615 bits per heavy atom. The van der Waals surface area contributed by atoms with E-state index in [4.69, 9.17) is 8.85 Å². The lowest BCUT2D eigenvalue weighted by molar-refractivity contribution is 0.0481. The molecule has 0 saturated heterocycles. The minimum atomic E-state index is -1.62. The molecule has 4 atom stereocenters. The van der Waals surface area contributed by atoms with E-state index in [2.05, 4.69) is 78.0 Å². The second-order valence-corrected chi connectivity index (χ2v) is 22.8. The first-order chi connectivity index (χ1) is 19.0. The maximum absolute atomic E-state index is 7.07. The molecule has 2 fully saturated rings. The predicted molar refractivity (Wildman–Crippen MR) is 174 cm³/mol. The maximum atomic E-state index is 7.07. The molecule has 2 nitrogen and oxygen atoms in total. The van der Waals surface area contributed by atoms with Gasteiger partial charge in [0.2, 0.25) is 0 Å². The van der Waals surface area contributed by atoms with E-state index in [9.17, 15) is 0 Å². The van der Waals surface area contributed by atoms with Gasteiger partial charge >= 0.3 is 0 Å². The van der Waals surface area contributed by atoms with E-state index in [-0.39, 0.29) is 5.41 Å². The van der Waals surface area contributed by atoms with Crippen molar-refractivity contribution in [2.75, 3.05) is 13.2 Å². The Morgan fingerprint density at radius 3 is 1.36 bits per heavy atom. The minimum absolute atomic E-state index is 0.252. The molecule has 220 valence electrons. The molecular formula is C35H60O2Si2. The molecule has 2 saturated carbocycles. The van der Waals surface area contributed by atoms with Gasteiger partial charge in [-0.1, -0.05) is 89.1 Å². The van der Waals surface area contributed by atoms with Crippen LogP contribution in [0.1, 0.15) is 92.9 Å². The Morgan fingerprint density at radius 2 is 1.00 bits per heavy atom. The van der Waals surface area contributed by atoms with Gasteiger partial charge in [-0.15, -0.1) is 0 Å². The summed E-state index contributed by atoms with van der Waals surface area (Å²) in [5.41, 5.74) is 3.81. The monoisotopic (exact) mass is 568 g/mol. The Bertz CT molecular complexity index is 817. The van der Waals surface area contributed by atoms with E-state index in [0.717, 1.165) is 25.0 Å². The number of hydrogen-bond acceptors (Lipinski definition) is 2. The van der Waals surface area contributed by atoms with Gasteiger partial charge in [0.15, 0.2) is 16.6 Å². The molecule has 0 heterocycles. The van der Waals surface area contributed by atoms with Crippen LogP contribution in [-0.4, -0.2) is 29.8 Å². The van der Waals surface area contributed by atoms with Crippen LogP contribution < -0.4 is 0 Å². The number of rotatable bonds is 16. The van der Waals surface area contributed by atoms with Gasteiger partial charge in [-0.25, -0.2) is 0 Å². The zero-order valence-corrected chi connectivity index (χ0v) is 28.4. The largest absolute Gasteiger partial charge is 0.417 e. The molecule has 39 heavy (non-hydrogen) atoms. The van der Waals surface area contributed by atoms with Gasteiger partial charge in [0.1, 0.15) is 0 Å². The van der Waals surface area contributed by atoms with Crippen LogP contribution in [0.15, 0.2) is 47.6 Å². The third kappa shape index (κ3) is 6.39. The molecule has 4 rings (SSSR count). The second kappa shape index (κ2) is 14.0. The highest BCUT2D eigenvalue weighted by Crippen LogP contribution is 2.61. The highest BCUT2D eigenvalue weighted by atomic mass is 28.4. The van der Waals surface area contributed by atoms with Crippen molar-refractivity contribution in [3.63, 3.8) is 0 Å². The van der Waals surface area contributed by atoms with Gasteiger partial charge in [-0.05, 0) is 117 Å². The SMILES string of the molecule is CC[Si](CC)(CC)OCCC(CCO[Si](CC)(CC)CC)(C1CCC2CC=CC=C21)C1CCC2CC=CC=C21. The average Bonchev–Trinajstić information content (AvgIpc) is 3.63. The molecule has 0 amide bonds. The Hall–Kier alpha value is -0.686. The second-order valence-electron chi connectivity index (χ2n) is 13.2. The lowest BCUT2D eigenvalue weighted by atomic mass is 9.58. The summed E-state index contributed by atoms with van der Waals surface area (Å²) < 4.78 is 14.1. The molecule has 4 aliphatic carbocycles. The van der Waals surface area contributed by atoms with Crippen LogP contribution in [0.3, 0.4) is 0 Å². The standard InChI is InChI=1S/C35H60O2Si2/c1-7-38(8-2,9-3)36-27-25-35(26-28-37-39(10-4,11-5)12-6,33-23-21-29-17-13-15-19-31(29)33)34-24-22-30-18-14-16-20-32(30)34/h13-16,19-20,29-30,33-34H,7-12,17-18,21-28H2,1-6H3. The summed E-state index contributed by atoms with van der Waals surface area (Å²) in [6, 6.07) is 7.48. The molecule has 0 aliphatic heterocycles. The summed E-state index contributed by atoms with van der Waals surface area (Å²) in [5, 5.41) is 0. The Labute approximate surface area is 244 Å². The van der Waals surface area contributed by atoms with Crippen LogP contribution in [0.4, 0.5) is 0 Å². The fourth-order valence-electron chi connectivity index (χ4n) is 9.16. The minimum Gasteiger partial charge on any atom is -0.417 e. The average molecular weight is 569 g/mol. The van der Waals surface area contributed by atoms with Crippen LogP contribution in [0, 0.1) is 29.1 Å². The van der Waals surface area contributed by atoms with E-state index in [1.165, 1.54) is 87.6 Å². The first-order valence-electron chi connectivity index (χ1n) is 17.0. The molecular weight excluding hydrogens is 509 g/mol. The van der Waals surface area contributed by atoms with Gasteiger partial charge in [-0.3, -0.25) is 0 Å². The van der Waals surface area contributed by atoms with Crippen molar-refractivity contribution in [2.24, 2.45) is 29.1 Å².